The fourth-order valence-corrected chi connectivity index (χ4v) is 1.57. The van der Waals surface area contributed by atoms with Crippen molar-refractivity contribution in [2.45, 2.75) is 13.5 Å². The molecule has 0 saturated heterocycles. The van der Waals surface area contributed by atoms with Crippen LogP contribution in [0.15, 0.2) is 42.7 Å². The van der Waals surface area contributed by atoms with E-state index in [0.29, 0.717) is 24.6 Å². The summed E-state index contributed by atoms with van der Waals surface area (Å²) < 4.78 is 10.4. The zero-order valence-corrected chi connectivity index (χ0v) is 10.00. The predicted octanol–water partition coefficient (Wildman–Crippen LogP) is 2.50. The number of ether oxygens (including phenoxy) is 2. The van der Waals surface area contributed by atoms with Crippen LogP contribution in [0.1, 0.15) is 11.1 Å². The third-order valence-electron chi connectivity index (χ3n) is 2.36. The van der Waals surface area contributed by atoms with E-state index < -0.39 is 0 Å². The van der Waals surface area contributed by atoms with Gasteiger partial charge in [-0.1, -0.05) is 0 Å². The van der Waals surface area contributed by atoms with Gasteiger partial charge in [0, 0.05) is 18.5 Å². The lowest BCUT2D eigenvalue weighted by Crippen LogP contribution is -1.97. The molecule has 1 aromatic heterocycles. The SMILES string of the molecule is Cc1cc(OC=O)cc(OCc2ccncc2)c1. The van der Waals surface area contributed by atoms with Crippen LogP contribution in [-0.2, 0) is 11.4 Å². The number of carbonyl (C=O) groups is 1. The van der Waals surface area contributed by atoms with Gasteiger partial charge >= 0.3 is 0 Å². The highest BCUT2D eigenvalue weighted by atomic mass is 16.5. The molecule has 0 aliphatic rings. The summed E-state index contributed by atoms with van der Waals surface area (Å²) in [5.41, 5.74) is 2.00. The van der Waals surface area contributed by atoms with E-state index in [2.05, 4.69) is 4.98 Å². The third-order valence-corrected chi connectivity index (χ3v) is 2.36. The van der Waals surface area contributed by atoms with Crippen LogP contribution in [0, 0.1) is 6.92 Å². The second kappa shape index (κ2) is 5.82. The lowest BCUT2D eigenvalue weighted by molar-refractivity contribution is -0.120. The smallest absolute Gasteiger partial charge is 0.298 e. The summed E-state index contributed by atoms with van der Waals surface area (Å²) in [6.45, 7) is 2.77. The second-order valence-electron chi connectivity index (χ2n) is 3.84. The fraction of sp³-hybridized carbons (Fsp3) is 0.143. The van der Waals surface area contributed by atoms with Gasteiger partial charge in [-0.05, 0) is 42.3 Å². The molecule has 0 unspecified atom stereocenters. The molecule has 1 heterocycles. The van der Waals surface area contributed by atoms with Gasteiger partial charge < -0.3 is 9.47 Å². The van der Waals surface area contributed by atoms with Crippen LogP contribution in [-0.4, -0.2) is 11.5 Å². The van der Waals surface area contributed by atoms with Crippen molar-refractivity contribution in [2.24, 2.45) is 0 Å². The van der Waals surface area contributed by atoms with E-state index in [1.807, 2.05) is 25.1 Å². The maximum atomic E-state index is 10.3. The molecule has 0 aliphatic carbocycles. The summed E-state index contributed by atoms with van der Waals surface area (Å²) >= 11 is 0. The van der Waals surface area contributed by atoms with Gasteiger partial charge in [0.1, 0.15) is 18.1 Å². The first-order chi connectivity index (χ1) is 8.78. The van der Waals surface area contributed by atoms with Gasteiger partial charge in [-0.2, -0.15) is 0 Å². The Morgan fingerprint density at radius 1 is 1.17 bits per heavy atom. The van der Waals surface area contributed by atoms with Gasteiger partial charge in [0.2, 0.25) is 0 Å². The number of nitrogens with zero attached hydrogens (tertiary/aromatic N) is 1. The van der Waals surface area contributed by atoms with E-state index in [1.165, 1.54) is 0 Å². The molecule has 1 aromatic carbocycles. The molecule has 4 heteroatoms. The Bertz CT molecular complexity index is 526. The van der Waals surface area contributed by atoms with E-state index >= 15 is 0 Å². The van der Waals surface area contributed by atoms with Crippen LogP contribution in [0.25, 0.3) is 0 Å². The standard InChI is InChI=1S/C14H13NO3/c1-11-6-13(8-14(7-11)18-10-16)17-9-12-2-4-15-5-3-12/h2-8,10H,9H2,1H3. The van der Waals surface area contributed by atoms with Gasteiger partial charge in [0.25, 0.3) is 6.47 Å². The number of hydrogen-bond acceptors (Lipinski definition) is 4. The van der Waals surface area contributed by atoms with Crippen LogP contribution < -0.4 is 9.47 Å². The molecule has 0 bridgehead atoms. The maximum Gasteiger partial charge on any atom is 0.298 e. The van der Waals surface area contributed by atoms with Gasteiger partial charge in [-0.15, -0.1) is 0 Å². The molecule has 0 N–H and O–H groups in total. The lowest BCUT2D eigenvalue weighted by atomic mass is 10.2. The summed E-state index contributed by atoms with van der Waals surface area (Å²) in [6.07, 6.45) is 3.44. The molecule has 18 heavy (non-hydrogen) atoms. The van der Waals surface area contributed by atoms with Crippen molar-refractivity contribution in [1.29, 1.82) is 0 Å². The predicted molar refractivity (Wildman–Crippen MR) is 66.4 cm³/mol. The quantitative estimate of drug-likeness (QED) is 0.757. The van der Waals surface area contributed by atoms with Crippen molar-refractivity contribution in [3.05, 3.63) is 53.9 Å². The highest BCUT2D eigenvalue weighted by Gasteiger charge is 2.01. The number of aromatic nitrogens is 1. The van der Waals surface area contributed by atoms with Crippen LogP contribution in [0.3, 0.4) is 0 Å². The number of rotatable bonds is 5. The number of benzene rings is 1. The van der Waals surface area contributed by atoms with Crippen LogP contribution in [0.2, 0.25) is 0 Å². The van der Waals surface area contributed by atoms with Gasteiger partial charge in [0.15, 0.2) is 0 Å². The minimum Gasteiger partial charge on any atom is -0.489 e. The monoisotopic (exact) mass is 243 g/mol. The van der Waals surface area contributed by atoms with Crippen molar-refractivity contribution >= 4 is 6.47 Å². The van der Waals surface area contributed by atoms with Crippen LogP contribution in [0.5, 0.6) is 11.5 Å². The molecule has 0 atom stereocenters. The maximum absolute atomic E-state index is 10.3. The Morgan fingerprint density at radius 3 is 2.61 bits per heavy atom. The molecule has 0 saturated carbocycles. The van der Waals surface area contributed by atoms with Gasteiger partial charge in [-0.3, -0.25) is 9.78 Å². The normalized spacial score (nSPS) is 9.83. The molecule has 0 amide bonds. The highest BCUT2D eigenvalue weighted by Crippen LogP contribution is 2.22. The third kappa shape index (κ3) is 3.31. The Morgan fingerprint density at radius 2 is 1.89 bits per heavy atom. The molecule has 0 radical (unpaired) electrons. The zero-order valence-electron chi connectivity index (χ0n) is 10.00. The second-order valence-corrected chi connectivity index (χ2v) is 3.84. The van der Waals surface area contributed by atoms with Crippen molar-refractivity contribution < 1.29 is 14.3 Å². The minimum atomic E-state index is 0.404. The largest absolute Gasteiger partial charge is 0.489 e. The summed E-state index contributed by atoms with van der Waals surface area (Å²) in [6, 6.07) is 9.12. The van der Waals surface area contributed by atoms with E-state index in [9.17, 15) is 4.79 Å². The van der Waals surface area contributed by atoms with Crippen molar-refractivity contribution in [2.75, 3.05) is 0 Å². The summed E-state index contributed by atoms with van der Waals surface area (Å²) in [5.74, 6) is 1.15. The number of carbonyl (C=O) groups excluding carboxylic acids is 1. The first kappa shape index (κ1) is 12.1. The number of pyridine rings is 1. The molecule has 0 aliphatic heterocycles. The van der Waals surface area contributed by atoms with E-state index in [1.54, 1.807) is 24.5 Å². The molecule has 4 nitrogen and oxygen atoms in total. The number of aryl methyl sites for hydroxylation is 1. The Kier molecular flexibility index (Phi) is 3.91. The molecule has 2 aromatic rings. The minimum absolute atomic E-state index is 0.404. The summed E-state index contributed by atoms with van der Waals surface area (Å²) in [7, 11) is 0. The summed E-state index contributed by atoms with van der Waals surface area (Å²) in [4.78, 5) is 14.2. The van der Waals surface area contributed by atoms with E-state index in [4.69, 9.17) is 9.47 Å². The molecule has 92 valence electrons. The highest BCUT2D eigenvalue weighted by molar-refractivity contribution is 5.48. The number of hydrogen-bond donors (Lipinski definition) is 0. The van der Waals surface area contributed by atoms with Crippen LogP contribution in [0.4, 0.5) is 0 Å². The van der Waals surface area contributed by atoms with Crippen LogP contribution >= 0.6 is 0 Å². The first-order valence-corrected chi connectivity index (χ1v) is 5.51. The van der Waals surface area contributed by atoms with Gasteiger partial charge in [-0.25, -0.2) is 0 Å². The van der Waals surface area contributed by atoms with Crippen molar-refractivity contribution in [1.82, 2.24) is 4.98 Å². The first-order valence-electron chi connectivity index (χ1n) is 5.51. The molecule has 0 fully saturated rings. The fourth-order valence-electron chi connectivity index (χ4n) is 1.57. The van der Waals surface area contributed by atoms with Gasteiger partial charge in [0.05, 0.1) is 0 Å². The zero-order chi connectivity index (χ0) is 12.8. The molecule has 2 rings (SSSR count). The van der Waals surface area contributed by atoms with E-state index in [0.717, 1.165) is 11.1 Å². The molecular formula is C14H13NO3. The Balaban J connectivity index is 2.07. The lowest BCUT2D eigenvalue weighted by Gasteiger charge is -2.08. The average molecular weight is 243 g/mol. The average Bonchev–Trinajstić information content (AvgIpc) is 2.37. The van der Waals surface area contributed by atoms with E-state index in [-0.39, 0.29) is 0 Å². The van der Waals surface area contributed by atoms with Crippen molar-refractivity contribution in [3.63, 3.8) is 0 Å². The topological polar surface area (TPSA) is 48.4 Å². The Hall–Kier alpha value is -2.36. The summed E-state index contributed by atoms with van der Waals surface area (Å²) in [5, 5.41) is 0. The molecule has 0 spiro atoms. The Labute approximate surface area is 105 Å². The van der Waals surface area contributed by atoms with Crippen molar-refractivity contribution in [3.8, 4) is 11.5 Å². The molecular weight excluding hydrogens is 230 g/mol.